The van der Waals surface area contributed by atoms with Crippen LogP contribution in [0.1, 0.15) is 16.7 Å². The number of hydrogen-bond acceptors (Lipinski definition) is 5. The third-order valence-corrected chi connectivity index (χ3v) is 3.91. The molecule has 0 saturated carbocycles. The lowest BCUT2D eigenvalue weighted by molar-refractivity contribution is -0.145. The Morgan fingerprint density at radius 2 is 1.93 bits per heavy atom. The minimum absolute atomic E-state index is 0.0536. The molecule has 0 radical (unpaired) electrons. The second-order valence-electron chi connectivity index (χ2n) is 5.89. The molecule has 1 N–H and O–H groups in total. The zero-order valence-electron chi connectivity index (χ0n) is 15.2. The number of carbonyl (C=O) groups excluding carboxylic acids is 2. The first-order valence-electron chi connectivity index (χ1n) is 8.25. The summed E-state index contributed by atoms with van der Waals surface area (Å²) in [6.45, 7) is 0. The number of carbonyl (C=O) groups is 2. The molecule has 0 saturated heterocycles. The summed E-state index contributed by atoms with van der Waals surface area (Å²) in [5, 5.41) is 2.50. The molecule has 6 nitrogen and oxygen atoms in total. The van der Waals surface area contributed by atoms with E-state index >= 15 is 0 Å². The van der Waals surface area contributed by atoms with Gasteiger partial charge in [-0.25, -0.2) is 9.78 Å². The van der Waals surface area contributed by atoms with Crippen molar-refractivity contribution in [3.05, 3.63) is 59.3 Å². The molecule has 1 aromatic heterocycles. The standard InChI is InChI=1S/C19H19F3N2O4/c1-27-17-13(6-4-8-23-17)11-15(18(26)28-2)24-16(25)10-12-5-3-7-14(9-12)19(20,21)22/h3-9,15H,10-11H2,1-2H3,(H,24,25)/t15-/m0/s1. The van der Waals surface area contributed by atoms with Gasteiger partial charge in [0.2, 0.25) is 11.8 Å². The van der Waals surface area contributed by atoms with Crippen LogP contribution in [0.5, 0.6) is 5.88 Å². The van der Waals surface area contributed by atoms with Crippen molar-refractivity contribution >= 4 is 11.9 Å². The van der Waals surface area contributed by atoms with Crippen LogP contribution in [-0.4, -0.2) is 37.1 Å². The Morgan fingerprint density at radius 3 is 2.57 bits per heavy atom. The Morgan fingerprint density at radius 1 is 1.18 bits per heavy atom. The van der Waals surface area contributed by atoms with E-state index in [-0.39, 0.29) is 18.4 Å². The van der Waals surface area contributed by atoms with E-state index in [4.69, 9.17) is 9.47 Å². The number of ether oxygens (including phenoxy) is 2. The number of halogens is 3. The quantitative estimate of drug-likeness (QED) is 0.728. The normalized spacial score (nSPS) is 12.2. The maximum atomic E-state index is 12.8. The molecular formula is C19H19F3N2O4. The van der Waals surface area contributed by atoms with Crippen LogP contribution in [0.25, 0.3) is 0 Å². The minimum Gasteiger partial charge on any atom is -0.481 e. The molecular weight excluding hydrogens is 377 g/mol. The Bertz CT molecular complexity index is 840. The predicted octanol–water partition coefficient (Wildman–Crippen LogP) is 2.55. The largest absolute Gasteiger partial charge is 0.481 e. The van der Waals surface area contributed by atoms with E-state index in [0.29, 0.717) is 11.4 Å². The zero-order chi connectivity index (χ0) is 20.7. The van der Waals surface area contributed by atoms with Gasteiger partial charge >= 0.3 is 12.1 Å². The number of rotatable bonds is 7. The average molecular weight is 396 g/mol. The van der Waals surface area contributed by atoms with Crippen molar-refractivity contribution in [3.8, 4) is 5.88 Å². The number of esters is 1. The second-order valence-corrected chi connectivity index (χ2v) is 5.89. The molecule has 1 heterocycles. The molecule has 9 heteroatoms. The highest BCUT2D eigenvalue weighted by atomic mass is 19.4. The number of hydrogen-bond donors (Lipinski definition) is 1. The van der Waals surface area contributed by atoms with E-state index in [1.54, 1.807) is 12.1 Å². The molecule has 2 rings (SSSR count). The van der Waals surface area contributed by atoms with Crippen LogP contribution in [-0.2, 0) is 33.3 Å². The van der Waals surface area contributed by atoms with Crippen molar-refractivity contribution in [1.29, 1.82) is 0 Å². The summed E-state index contributed by atoms with van der Waals surface area (Å²) in [4.78, 5) is 28.4. The van der Waals surface area contributed by atoms with Gasteiger partial charge in [-0.15, -0.1) is 0 Å². The second kappa shape index (κ2) is 9.20. The van der Waals surface area contributed by atoms with Crippen molar-refractivity contribution < 1.29 is 32.2 Å². The summed E-state index contributed by atoms with van der Waals surface area (Å²) in [6, 6.07) is 6.75. The van der Waals surface area contributed by atoms with Crippen molar-refractivity contribution in [2.45, 2.75) is 25.1 Å². The molecule has 1 amide bonds. The Kier molecular flexibility index (Phi) is 6.97. The monoisotopic (exact) mass is 396 g/mol. The fraction of sp³-hybridized carbons (Fsp3) is 0.316. The Labute approximate surface area is 159 Å². The molecule has 0 spiro atoms. The van der Waals surface area contributed by atoms with Crippen molar-refractivity contribution in [3.63, 3.8) is 0 Å². The molecule has 1 aromatic carbocycles. The number of nitrogens with zero attached hydrogens (tertiary/aromatic N) is 1. The number of nitrogens with one attached hydrogen (secondary N) is 1. The topological polar surface area (TPSA) is 77.5 Å². The summed E-state index contributed by atoms with van der Waals surface area (Å²) in [5.41, 5.74) is -0.0999. The van der Waals surface area contributed by atoms with Crippen LogP contribution >= 0.6 is 0 Å². The van der Waals surface area contributed by atoms with E-state index in [9.17, 15) is 22.8 Å². The van der Waals surface area contributed by atoms with Crippen LogP contribution < -0.4 is 10.1 Å². The van der Waals surface area contributed by atoms with Gasteiger partial charge in [0.15, 0.2) is 0 Å². The highest BCUT2D eigenvalue weighted by Crippen LogP contribution is 2.29. The first kappa shape index (κ1) is 21.2. The fourth-order valence-corrected chi connectivity index (χ4v) is 2.61. The SMILES string of the molecule is COC(=O)[C@H](Cc1cccnc1OC)NC(=O)Cc1cccc(C(F)(F)F)c1. The van der Waals surface area contributed by atoms with E-state index in [2.05, 4.69) is 10.3 Å². The summed E-state index contributed by atoms with van der Waals surface area (Å²) >= 11 is 0. The smallest absolute Gasteiger partial charge is 0.416 e. The van der Waals surface area contributed by atoms with Gasteiger partial charge in [0.05, 0.1) is 26.2 Å². The highest BCUT2D eigenvalue weighted by Gasteiger charge is 2.30. The van der Waals surface area contributed by atoms with Gasteiger partial charge in [-0.3, -0.25) is 4.79 Å². The molecule has 28 heavy (non-hydrogen) atoms. The van der Waals surface area contributed by atoms with Crippen LogP contribution in [0.15, 0.2) is 42.6 Å². The van der Waals surface area contributed by atoms with Gasteiger partial charge in [0.1, 0.15) is 6.04 Å². The molecule has 0 unspecified atom stereocenters. The third kappa shape index (κ3) is 5.70. The van der Waals surface area contributed by atoms with Crippen LogP contribution in [0.3, 0.4) is 0 Å². The number of methoxy groups -OCH3 is 2. The highest BCUT2D eigenvalue weighted by molar-refractivity contribution is 5.85. The minimum atomic E-state index is -4.50. The average Bonchev–Trinajstić information content (AvgIpc) is 2.66. The lowest BCUT2D eigenvalue weighted by atomic mass is 10.1. The van der Waals surface area contributed by atoms with Crippen LogP contribution in [0, 0.1) is 0 Å². The van der Waals surface area contributed by atoms with Gasteiger partial charge in [-0.05, 0) is 17.7 Å². The summed E-state index contributed by atoms with van der Waals surface area (Å²) in [7, 11) is 2.60. The fourth-order valence-electron chi connectivity index (χ4n) is 2.61. The van der Waals surface area contributed by atoms with E-state index in [1.807, 2.05) is 0 Å². The first-order chi connectivity index (χ1) is 13.2. The molecule has 150 valence electrons. The molecule has 0 fully saturated rings. The summed E-state index contributed by atoms with van der Waals surface area (Å²) in [5.74, 6) is -1.01. The maximum Gasteiger partial charge on any atom is 0.416 e. The predicted molar refractivity (Wildman–Crippen MR) is 93.6 cm³/mol. The van der Waals surface area contributed by atoms with E-state index in [1.165, 1.54) is 32.5 Å². The Hall–Kier alpha value is -3.10. The van der Waals surface area contributed by atoms with Gasteiger partial charge in [0, 0.05) is 18.2 Å². The molecule has 1 atom stereocenters. The molecule has 0 aliphatic carbocycles. The lowest BCUT2D eigenvalue weighted by Gasteiger charge is -2.18. The number of benzene rings is 1. The van der Waals surface area contributed by atoms with Crippen LogP contribution in [0.2, 0.25) is 0 Å². The molecule has 0 bridgehead atoms. The number of amides is 1. The molecule has 0 aliphatic heterocycles. The molecule has 0 aliphatic rings. The first-order valence-corrected chi connectivity index (χ1v) is 8.25. The number of pyridine rings is 1. The number of aromatic nitrogens is 1. The van der Waals surface area contributed by atoms with Gasteiger partial charge in [-0.1, -0.05) is 24.3 Å². The van der Waals surface area contributed by atoms with E-state index in [0.717, 1.165) is 12.1 Å². The summed E-state index contributed by atoms with van der Waals surface area (Å²) < 4.78 is 48.2. The van der Waals surface area contributed by atoms with Crippen LogP contribution in [0.4, 0.5) is 13.2 Å². The Balaban J connectivity index is 2.12. The van der Waals surface area contributed by atoms with Gasteiger partial charge in [0.25, 0.3) is 0 Å². The zero-order valence-corrected chi connectivity index (χ0v) is 15.2. The lowest BCUT2D eigenvalue weighted by Crippen LogP contribution is -2.43. The van der Waals surface area contributed by atoms with Crippen molar-refractivity contribution in [2.75, 3.05) is 14.2 Å². The van der Waals surface area contributed by atoms with Gasteiger partial charge < -0.3 is 14.8 Å². The third-order valence-electron chi connectivity index (χ3n) is 3.91. The van der Waals surface area contributed by atoms with Crippen molar-refractivity contribution in [2.24, 2.45) is 0 Å². The molecule has 2 aromatic rings. The van der Waals surface area contributed by atoms with Crippen molar-refractivity contribution in [1.82, 2.24) is 10.3 Å². The summed E-state index contributed by atoms with van der Waals surface area (Å²) in [6.07, 6.45) is -3.25. The number of alkyl halides is 3. The van der Waals surface area contributed by atoms with Gasteiger partial charge in [-0.2, -0.15) is 13.2 Å². The maximum absolute atomic E-state index is 12.8. The van der Waals surface area contributed by atoms with E-state index < -0.39 is 29.7 Å².